The molecule has 27 heavy (non-hydrogen) atoms. The number of ether oxygens (including phenoxy) is 1. The summed E-state index contributed by atoms with van der Waals surface area (Å²) in [4.78, 5) is 33.3. The van der Waals surface area contributed by atoms with Crippen LogP contribution >= 0.6 is 11.8 Å². The number of aromatic amines is 1. The van der Waals surface area contributed by atoms with Gasteiger partial charge in [0, 0.05) is 23.3 Å². The van der Waals surface area contributed by atoms with Crippen molar-refractivity contribution in [3.63, 3.8) is 0 Å². The highest BCUT2D eigenvalue weighted by atomic mass is 32.2. The van der Waals surface area contributed by atoms with E-state index in [2.05, 4.69) is 15.3 Å². The summed E-state index contributed by atoms with van der Waals surface area (Å²) >= 11 is 1.48. The number of para-hydroxylation sites is 1. The fourth-order valence-electron chi connectivity index (χ4n) is 3.86. The predicted octanol–water partition coefficient (Wildman–Crippen LogP) is 3.46. The number of hydrogen-bond donors (Lipinski definition) is 2. The first-order valence-electron chi connectivity index (χ1n) is 9.07. The Bertz CT molecular complexity index is 996. The largest absolute Gasteiger partial charge is 0.496 e. The van der Waals surface area contributed by atoms with Gasteiger partial charge < -0.3 is 15.0 Å². The Morgan fingerprint density at radius 1 is 1.26 bits per heavy atom. The first-order valence-corrected chi connectivity index (χ1v) is 10.1. The Hall–Kier alpha value is -2.54. The van der Waals surface area contributed by atoms with E-state index < -0.39 is 5.92 Å². The van der Waals surface area contributed by atoms with E-state index >= 15 is 0 Å². The highest BCUT2D eigenvalue weighted by Gasteiger charge is 2.38. The summed E-state index contributed by atoms with van der Waals surface area (Å²) in [6.45, 7) is 2.01. The van der Waals surface area contributed by atoms with Gasteiger partial charge in [-0.2, -0.15) is 0 Å². The molecule has 0 spiro atoms. The van der Waals surface area contributed by atoms with Crippen molar-refractivity contribution in [3.05, 3.63) is 57.0 Å². The number of carbonyl (C=O) groups is 1. The monoisotopic (exact) mass is 383 g/mol. The molecule has 7 heteroatoms. The number of benzene rings is 1. The zero-order chi connectivity index (χ0) is 19.0. The number of nitrogens with one attached hydrogen (secondary N) is 2. The molecule has 6 nitrogen and oxygen atoms in total. The molecular weight excluding hydrogens is 362 g/mol. The van der Waals surface area contributed by atoms with Gasteiger partial charge in [-0.05, 0) is 24.7 Å². The number of allylic oxidation sites excluding steroid dienone is 2. The summed E-state index contributed by atoms with van der Waals surface area (Å²) < 4.78 is 5.54. The number of hydrogen-bond acceptors (Lipinski definition) is 6. The van der Waals surface area contributed by atoms with Gasteiger partial charge in [0.15, 0.2) is 10.9 Å². The average molecular weight is 383 g/mol. The Labute approximate surface area is 161 Å². The second kappa shape index (κ2) is 7.23. The molecule has 2 heterocycles. The molecule has 1 aliphatic heterocycles. The van der Waals surface area contributed by atoms with Gasteiger partial charge in [0.1, 0.15) is 11.6 Å². The molecular formula is C20H21N3O3S. The minimum atomic E-state index is -0.475. The first kappa shape index (κ1) is 17.9. The van der Waals surface area contributed by atoms with Crippen molar-refractivity contribution < 1.29 is 9.53 Å². The number of fused-ring (bicyclic) bond motifs is 1. The number of ketones is 1. The fraction of sp³-hybridized carbons (Fsp3) is 0.350. The molecule has 0 amide bonds. The first-order chi connectivity index (χ1) is 13.1. The van der Waals surface area contributed by atoms with Gasteiger partial charge in [0.05, 0.1) is 18.6 Å². The molecule has 0 radical (unpaired) electrons. The summed E-state index contributed by atoms with van der Waals surface area (Å²) in [7, 11) is 1.60. The quantitative estimate of drug-likeness (QED) is 0.621. The predicted molar refractivity (Wildman–Crippen MR) is 106 cm³/mol. The van der Waals surface area contributed by atoms with Crippen molar-refractivity contribution in [2.75, 3.05) is 18.2 Å². The van der Waals surface area contributed by atoms with Crippen LogP contribution in [0.2, 0.25) is 0 Å². The molecule has 0 saturated carbocycles. The van der Waals surface area contributed by atoms with E-state index in [-0.39, 0.29) is 11.3 Å². The van der Waals surface area contributed by atoms with Crippen molar-refractivity contribution >= 4 is 23.4 Å². The standard InChI is InChI=1S/C20H21N3O3S/c1-3-27-20-22-18-17(19(25)23-20)15(11-7-4-5-10-14(11)26-2)16-12(21-18)8-6-9-13(16)24/h4-5,7,10,15H,3,6,8-9H2,1-2H3,(H2,21,22,23,25). The summed E-state index contributed by atoms with van der Waals surface area (Å²) in [6.07, 6.45) is 2.08. The molecule has 1 unspecified atom stereocenters. The number of methoxy groups -OCH3 is 1. The van der Waals surface area contributed by atoms with Crippen molar-refractivity contribution in [1.82, 2.24) is 9.97 Å². The average Bonchev–Trinajstić information content (AvgIpc) is 2.67. The molecule has 2 aromatic rings. The molecule has 140 valence electrons. The van der Waals surface area contributed by atoms with E-state index in [1.54, 1.807) is 7.11 Å². The summed E-state index contributed by atoms with van der Waals surface area (Å²) in [6, 6.07) is 7.55. The van der Waals surface area contributed by atoms with Crippen LogP contribution in [0.15, 0.2) is 45.5 Å². The molecule has 1 atom stereocenters. The lowest BCUT2D eigenvalue weighted by Gasteiger charge is -2.33. The van der Waals surface area contributed by atoms with Gasteiger partial charge in [0.25, 0.3) is 5.56 Å². The molecule has 1 aromatic carbocycles. The number of nitrogens with zero attached hydrogens (tertiary/aromatic N) is 1. The molecule has 2 aliphatic rings. The van der Waals surface area contributed by atoms with E-state index in [0.29, 0.717) is 34.3 Å². The Morgan fingerprint density at radius 3 is 2.85 bits per heavy atom. The lowest BCUT2D eigenvalue weighted by atomic mass is 9.76. The highest BCUT2D eigenvalue weighted by molar-refractivity contribution is 7.99. The number of anilines is 1. The second-order valence-corrected chi connectivity index (χ2v) is 7.79. The summed E-state index contributed by atoms with van der Waals surface area (Å²) in [5.41, 5.74) is 2.62. The lowest BCUT2D eigenvalue weighted by Crippen LogP contribution is -2.32. The van der Waals surface area contributed by atoms with Crippen molar-refractivity contribution in [2.45, 2.75) is 37.3 Å². The maximum Gasteiger partial charge on any atom is 0.257 e. The van der Waals surface area contributed by atoms with E-state index in [9.17, 15) is 9.59 Å². The van der Waals surface area contributed by atoms with Gasteiger partial charge in [-0.15, -0.1) is 0 Å². The topological polar surface area (TPSA) is 84.1 Å². The van der Waals surface area contributed by atoms with Crippen LogP contribution in [-0.2, 0) is 4.79 Å². The van der Waals surface area contributed by atoms with Crippen molar-refractivity contribution in [1.29, 1.82) is 0 Å². The maximum absolute atomic E-state index is 13.0. The smallest absolute Gasteiger partial charge is 0.257 e. The van der Waals surface area contributed by atoms with E-state index in [4.69, 9.17) is 4.74 Å². The minimum absolute atomic E-state index is 0.0803. The molecule has 0 saturated heterocycles. The van der Waals surface area contributed by atoms with Crippen LogP contribution in [0.25, 0.3) is 0 Å². The van der Waals surface area contributed by atoms with Gasteiger partial charge >= 0.3 is 0 Å². The van der Waals surface area contributed by atoms with E-state index in [1.807, 2.05) is 31.2 Å². The van der Waals surface area contributed by atoms with Gasteiger partial charge in [-0.1, -0.05) is 36.9 Å². The molecule has 4 rings (SSSR count). The third-order valence-corrected chi connectivity index (χ3v) is 5.72. The SMILES string of the molecule is CCSc1nc2c(c(=O)[nH]1)C(c1ccccc1OC)C1=C(CCCC1=O)N2. The third-order valence-electron chi connectivity index (χ3n) is 4.97. The molecule has 1 aliphatic carbocycles. The maximum atomic E-state index is 13.0. The van der Waals surface area contributed by atoms with Crippen LogP contribution < -0.4 is 15.6 Å². The zero-order valence-electron chi connectivity index (χ0n) is 15.3. The number of thioether (sulfide) groups is 1. The number of aromatic nitrogens is 2. The molecule has 0 fully saturated rings. The number of H-pyrrole nitrogens is 1. The summed E-state index contributed by atoms with van der Waals surface area (Å²) in [5.74, 6) is 1.62. The van der Waals surface area contributed by atoms with Crippen LogP contribution in [0.5, 0.6) is 5.75 Å². The zero-order valence-corrected chi connectivity index (χ0v) is 16.1. The Balaban J connectivity index is 1.98. The van der Waals surface area contributed by atoms with Crippen molar-refractivity contribution in [2.24, 2.45) is 0 Å². The van der Waals surface area contributed by atoms with E-state index in [1.165, 1.54) is 11.8 Å². The second-order valence-electron chi connectivity index (χ2n) is 6.54. The normalized spacial score (nSPS) is 18.6. The highest BCUT2D eigenvalue weighted by Crippen LogP contribution is 2.45. The van der Waals surface area contributed by atoms with Crippen LogP contribution in [0.4, 0.5) is 5.82 Å². The molecule has 0 bridgehead atoms. The van der Waals surface area contributed by atoms with Gasteiger partial charge in [-0.3, -0.25) is 9.59 Å². The number of Topliss-reactive ketones (excluding diaryl/α,β-unsaturated/α-hetero) is 1. The third kappa shape index (κ3) is 3.06. The number of rotatable bonds is 4. The van der Waals surface area contributed by atoms with Crippen molar-refractivity contribution in [3.8, 4) is 5.75 Å². The van der Waals surface area contributed by atoms with Crippen LogP contribution in [-0.4, -0.2) is 28.6 Å². The van der Waals surface area contributed by atoms with Gasteiger partial charge in [-0.25, -0.2) is 4.98 Å². The summed E-state index contributed by atoms with van der Waals surface area (Å²) in [5, 5.41) is 3.86. The van der Waals surface area contributed by atoms with Crippen LogP contribution in [0, 0.1) is 0 Å². The van der Waals surface area contributed by atoms with E-state index in [0.717, 1.165) is 29.9 Å². The van der Waals surface area contributed by atoms with Crippen LogP contribution in [0.1, 0.15) is 43.2 Å². The fourth-order valence-corrected chi connectivity index (χ4v) is 4.46. The molecule has 2 N–H and O–H groups in total. The Morgan fingerprint density at radius 2 is 2.07 bits per heavy atom. The van der Waals surface area contributed by atoms with Gasteiger partial charge in [0.2, 0.25) is 0 Å². The minimum Gasteiger partial charge on any atom is -0.496 e. The van der Waals surface area contributed by atoms with Crippen LogP contribution in [0.3, 0.4) is 0 Å². The lowest BCUT2D eigenvalue weighted by molar-refractivity contribution is -0.116. The molecule has 1 aromatic heterocycles. The Kier molecular flexibility index (Phi) is 4.78. The number of carbonyl (C=O) groups excluding carboxylic acids is 1.